The van der Waals surface area contributed by atoms with Gasteiger partial charge in [-0.05, 0) is 134 Å². The molecule has 1 rings (SSSR count). The summed E-state index contributed by atoms with van der Waals surface area (Å²) >= 11 is 0. The van der Waals surface area contributed by atoms with Gasteiger partial charge >= 0.3 is 17.9 Å². The molecule has 0 aromatic heterocycles. The molecule has 616 valence electrons. The molecule has 0 unspecified atom stereocenters. The van der Waals surface area contributed by atoms with Crippen LogP contribution in [0.3, 0.4) is 0 Å². The molecule has 1 aliphatic rings. The molecule has 1 aliphatic heterocycles. The van der Waals surface area contributed by atoms with Gasteiger partial charge in [-0.15, -0.1) is 0 Å². The molecule has 42 nitrogen and oxygen atoms in total. The quantitative estimate of drug-likeness (QED) is 0.0153. The summed E-state index contributed by atoms with van der Waals surface area (Å²) in [6, 6.07) is -17.8. The third-order valence-electron chi connectivity index (χ3n) is 16.6. The monoisotopic (exact) mass is 1550 g/mol. The number of nitrogens with two attached hydrogens (primary N) is 6. The number of hydrogen-bond acceptors (Lipinski definition) is 20. The summed E-state index contributed by atoms with van der Waals surface area (Å²) in [6.45, 7) is 17.2. The van der Waals surface area contributed by atoms with Crippen LogP contribution in [-0.2, 0) is 76.7 Å². The van der Waals surface area contributed by atoms with Gasteiger partial charge in [0.05, 0.1) is 12.6 Å². The van der Waals surface area contributed by atoms with Gasteiger partial charge in [0.1, 0.15) is 72.5 Å². The molecule has 1 heterocycles. The molecule has 1 fully saturated rings. The molecule has 0 aromatic rings. The Labute approximate surface area is 633 Å². The van der Waals surface area contributed by atoms with Crippen LogP contribution in [0.1, 0.15) is 172 Å². The minimum atomic E-state index is -1.67. The van der Waals surface area contributed by atoms with Gasteiger partial charge in [0.15, 0.2) is 17.9 Å². The average Bonchev–Trinajstić information content (AvgIpc) is 1.21. The first-order valence-corrected chi connectivity index (χ1v) is 36.4. The van der Waals surface area contributed by atoms with Gasteiger partial charge in [-0.1, -0.05) is 55.4 Å². The standard InChI is InChI=1S/C67H119N23O19/c1-32(2)28-45(88-62(106)46(29-33(3)4)87-58(102)43(20-22-49(92)93)82-48(91)31-78-52(96)36(9)79-55(99)39-16-12-24-74-39)61(105)81-38(11)53(97)83-42(19-15-27-77-67(72)73)60(104)90-51(35(7)8)63(107)86-40(17-13-25-75-65(68)69)56(100)80-37(10)54(98)84-44(21-23-50(94)95)59(103)85-41(18-14-26-76-66(70)71)57(101)89-47(64(108)109)30-34(5)6/h32-47,51,74H,12-31H2,1-11H3,(H,78,96)(H,79,99)(H,80,100)(H,81,105)(H,82,91)(H,83,97)(H,84,98)(H,85,103)(H,86,107)(H,87,102)(H,88,106)(H,89,101)(H,90,104)(H,92,93)(H,94,95)(H,108,109)(H4,68,69,75)(H4,70,71,76)(H4,72,73,77)/t36-,37-,38-,39-,40-,41-,42-,43-,44-,45-,46-,47-,51-/m0/s1. The van der Waals surface area contributed by atoms with E-state index in [1.807, 2.05) is 0 Å². The van der Waals surface area contributed by atoms with Crippen LogP contribution in [-0.4, -0.2) is 239 Å². The zero-order chi connectivity index (χ0) is 82.9. The molecule has 0 saturated carbocycles. The Kier molecular flexibility index (Phi) is 44.2. The zero-order valence-electron chi connectivity index (χ0n) is 64.1. The number of amides is 13. The molecule has 29 N–H and O–H groups in total. The lowest BCUT2D eigenvalue weighted by molar-refractivity contribution is -0.143. The van der Waals surface area contributed by atoms with Crippen molar-refractivity contribution in [2.24, 2.45) is 73.1 Å². The van der Waals surface area contributed by atoms with Crippen molar-refractivity contribution in [2.45, 2.75) is 251 Å². The lowest BCUT2D eigenvalue weighted by Crippen LogP contribution is -2.61. The fourth-order valence-corrected chi connectivity index (χ4v) is 10.8. The number of nitrogens with zero attached hydrogens (tertiary/aromatic N) is 3. The summed E-state index contributed by atoms with van der Waals surface area (Å²) < 4.78 is 0. The highest BCUT2D eigenvalue weighted by Gasteiger charge is 2.37. The van der Waals surface area contributed by atoms with Gasteiger partial charge in [-0.3, -0.25) is 86.9 Å². The predicted octanol–water partition coefficient (Wildman–Crippen LogP) is -6.50. The summed E-state index contributed by atoms with van der Waals surface area (Å²) in [6.07, 6.45) is -1.32. The third kappa shape index (κ3) is 40.2. The van der Waals surface area contributed by atoms with E-state index >= 15 is 0 Å². The van der Waals surface area contributed by atoms with Crippen LogP contribution < -0.4 is 109 Å². The molecule has 0 aromatic carbocycles. The van der Waals surface area contributed by atoms with E-state index in [1.54, 1.807) is 55.4 Å². The number of carbonyl (C=O) groups excluding carboxylic acids is 13. The second-order valence-electron chi connectivity index (χ2n) is 28.3. The van der Waals surface area contributed by atoms with Gasteiger partial charge in [-0.2, -0.15) is 0 Å². The fraction of sp³-hybridized carbons (Fsp3) is 0.716. The van der Waals surface area contributed by atoms with Crippen molar-refractivity contribution in [1.82, 2.24) is 74.4 Å². The summed E-state index contributed by atoms with van der Waals surface area (Å²) in [7, 11) is 0. The Morgan fingerprint density at radius 2 is 0.697 bits per heavy atom. The molecule has 13 atom stereocenters. The van der Waals surface area contributed by atoms with Crippen LogP contribution in [0.4, 0.5) is 0 Å². The summed E-state index contributed by atoms with van der Waals surface area (Å²) in [4.78, 5) is 227. The molecule has 109 heavy (non-hydrogen) atoms. The first-order chi connectivity index (χ1) is 50.9. The number of guanidine groups is 3. The molecule has 13 amide bonds. The molecule has 42 heteroatoms. The minimum Gasteiger partial charge on any atom is -0.481 e. The van der Waals surface area contributed by atoms with E-state index in [0.717, 1.165) is 6.42 Å². The van der Waals surface area contributed by atoms with Gasteiger partial charge in [-0.25, -0.2) is 4.79 Å². The largest absolute Gasteiger partial charge is 0.481 e. The molecule has 0 spiro atoms. The Morgan fingerprint density at radius 1 is 0.376 bits per heavy atom. The number of carbonyl (C=O) groups is 16. The molecule has 0 aliphatic carbocycles. The highest BCUT2D eigenvalue weighted by atomic mass is 16.4. The Balaban J connectivity index is 3.52. The SMILES string of the molecule is CC(C)C[C@H](NC(=O)[C@H](CCCN=C(N)N)NC(=O)[C@H](CCC(=O)O)NC(=O)[C@H](C)NC(=O)[C@H](CCCN=C(N)N)NC(=O)[C@@H](NC(=O)[C@H](CCCN=C(N)N)NC(=O)[C@H](C)NC(=O)[C@H](CC(C)C)NC(=O)[C@H](CC(C)C)NC(=O)[C@H](CCC(=O)O)NC(=O)CNC(=O)[C@H](C)NC(=O)[C@@H]1CCCN1)C(C)C)C(=O)O. The summed E-state index contributed by atoms with van der Waals surface area (Å²) in [5.41, 5.74) is 33.0. The van der Waals surface area contributed by atoms with Crippen molar-refractivity contribution in [1.29, 1.82) is 0 Å². The molecule has 1 saturated heterocycles. The van der Waals surface area contributed by atoms with Crippen LogP contribution in [0.2, 0.25) is 0 Å². The van der Waals surface area contributed by atoms with Crippen molar-refractivity contribution in [3.05, 3.63) is 0 Å². The van der Waals surface area contributed by atoms with E-state index in [1.165, 1.54) is 20.8 Å². The Bertz CT molecular complexity index is 3190. The smallest absolute Gasteiger partial charge is 0.326 e. The predicted molar refractivity (Wildman–Crippen MR) is 399 cm³/mol. The van der Waals surface area contributed by atoms with E-state index in [2.05, 4.69) is 89.4 Å². The molecule has 0 radical (unpaired) electrons. The first-order valence-electron chi connectivity index (χ1n) is 36.4. The maximum atomic E-state index is 14.4. The second-order valence-corrected chi connectivity index (χ2v) is 28.3. The molecule has 0 bridgehead atoms. The van der Waals surface area contributed by atoms with E-state index in [9.17, 15) is 92.0 Å². The van der Waals surface area contributed by atoms with Crippen LogP contribution >= 0.6 is 0 Å². The van der Waals surface area contributed by atoms with Gasteiger partial charge in [0.25, 0.3) is 0 Å². The van der Waals surface area contributed by atoms with Crippen LogP contribution in [0.15, 0.2) is 15.0 Å². The third-order valence-corrected chi connectivity index (χ3v) is 16.6. The maximum absolute atomic E-state index is 14.4. The minimum absolute atomic E-state index is 0.0130. The Hall–Kier alpha value is -10.7. The number of rotatable bonds is 52. The Morgan fingerprint density at radius 3 is 1.06 bits per heavy atom. The van der Waals surface area contributed by atoms with Crippen LogP contribution in [0.25, 0.3) is 0 Å². The summed E-state index contributed by atoms with van der Waals surface area (Å²) in [5, 5.41) is 64.5. The van der Waals surface area contributed by atoms with E-state index in [4.69, 9.17) is 34.4 Å². The zero-order valence-corrected chi connectivity index (χ0v) is 64.1. The van der Waals surface area contributed by atoms with Gasteiger partial charge < -0.3 is 124 Å². The van der Waals surface area contributed by atoms with Crippen molar-refractivity contribution in [3.8, 4) is 0 Å². The molecular formula is C67H119N23O19. The van der Waals surface area contributed by atoms with Crippen LogP contribution in [0, 0.1) is 23.7 Å². The molecular weight excluding hydrogens is 1430 g/mol. The first kappa shape index (κ1) is 96.3. The van der Waals surface area contributed by atoms with Crippen LogP contribution in [0.5, 0.6) is 0 Å². The fourth-order valence-electron chi connectivity index (χ4n) is 10.8. The number of carboxylic acid groups (broad SMARTS) is 3. The highest BCUT2D eigenvalue weighted by molar-refractivity contribution is 6.00. The van der Waals surface area contributed by atoms with Gasteiger partial charge in [0.2, 0.25) is 76.8 Å². The average molecular weight is 1550 g/mol. The normalized spacial score (nSPS) is 15.8. The number of aliphatic carboxylic acids is 3. The topological polar surface area (TPSA) is 695 Å². The van der Waals surface area contributed by atoms with Crippen molar-refractivity contribution >= 4 is 113 Å². The van der Waals surface area contributed by atoms with Crippen molar-refractivity contribution in [2.75, 3.05) is 32.7 Å². The number of hydrogen-bond donors (Lipinski definition) is 23. The van der Waals surface area contributed by atoms with E-state index < -0.39 is 211 Å². The van der Waals surface area contributed by atoms with E-state index in [-0.39, 0.29) is 113 Å². The summed E-state index contributed by atoms with van der Waals surface area (Å²) in [5.74, 6) is -18.0. The second kappa shape index (κ2) is 50.0. The number of aliphatic imine (C=N–C) groups is 3. The highest BCUT2D eigenvalue weighted by Crippen LogP contribution is 2.15. The van der Waals surface area contributed by atoms with Crippen molar-refractivity contribution < 1.29 is 92.0 Å². The lowest BCUT2D eigenvalue weighted by atomic mass is 9.99. The van der Waals surface area contributed by atoms with E-state index in [0.29, 0.717) is 13.0 Å². The maximum Gasteiger partial charge on any atom is 0.326 e. The lowest BCUT2D eigenvalue weighted by Gasteiger charge is -2.29. The number of carboxylic acids is 3. The number of nitrogens with one attached hydrogen (secondary N) is 14. The van der Waals surface area contributed by atoms with Crippen molar-refractivity contribution in [3.63, 3.8) is 0 Å². The van der Waals surface area contributed by atoms with Gasteiger partial charge in [0, 0.05) is 32.5 Å².